The highest BCUT2D eigenvalue weighted by Gasteiger charge is 2.54. The molecule has 8 nitrogen and oxygen atoms in total. The summed E-state index contributed by atoms with van der Waals surface area (Å²) in [7, 11) is 6.15. The van der Waals surface area contributed by atoms with Crippen molar-refractivity contribution in [3.8, 4) is 28.7 Å². The van der Waals surface area contributed by atoms with Gasteiger partial charge in [0.25, 0.3) is 5.91 Å². The van der Waals surface area contributed by atoms with Crippen molar-refractivity contribution < 1.29 is 28.5 Å². The van der Waals surface area contributed by atoms with E-state index in [1.807, 2.05) is 60.4 Å². The molecule has 0 radical (unpaired) electrons. The van der Waals surface area contributed by atoms with Gasteiger partial charge in [-0.05, 0) is 49.5 Å². The molecule has 1 fully saturated rings. The molecule has 3 aromatic rings. The number of carbonyl (C=O) groups excluding carboxylic acids is 1. The Labute approximate surface area is 221 Å². The third-order valence-corrected chi connectivity index (χ3v) is 7.19. The normalized spacial score (nSPS) is 20.0. The molecular weight excluding hydrogens is 492 g/mol. The largest absolute Gasteiger partial charge is 0.493 e. The molecule has 5 rings (SSSR count). The molecule has 1 saturated heterocycles. The first-order valence-corrected chi connectivity index (χ1v) is 12.2. The maximum absolute atomic E-state index is 14.3. The molecule has 0 N–H and O–H groups in total. The molecule has 2 heterocycles. The van der Waals surface area contributed by atoms with Crippen molar-refractivity contribution in [2.75, 3.05) is 33.3 Å². The number of thiocarbonyl (C=S) groups is 1. The lowest BCUT2D eigenvalue weighted by Gasteiger charge is -2.55. The number of nitrogens with zero attached hydrogens (tertiary/aromatic N) is 2. The van der Waals surface area contributed by atoms with E-state index in [2.05, 4.69) is 0 Å². The minimum atomic E-state index is -0.850. The second kappa shape index (κ2) is 9.48. The minimum absolute atomic E-state index is 0.298. The van der Waals surface area contributed by atoms with Crippen LogP contribution in [0.1, 0.15) is 35.3 Å². The van der Waals surface area contributed by atoms with E-state index in [0.717, 1.165) is 11.3 Å². The molecular formula is C28H28N2O6S. The van der Waals surface area contributed by atoms with Gasteiger partial charge in [0.1, 0.15) is 0 Å². The van der Waals surface area contributed by atoms with Gasteiger partial charge in [-0.3, -0.25) is 14.6 Å². The van der Waals surface area contributed by atoms with Crippen molar-refractivity contribution in [1.82, 2.24) is 4.90 Å². The van der Waals surface area contributed by atoms with Crippen LogP contribution in [-0.2, 0) is 0 Å². The number of amides is 1. The number of rotatable bonds is 6. The Bertz CT molecular complexity index is 1340. The van der Waals surface area contributed by atoms with Gasteiger partial charge in [0.2, 0.25) is 5.75 Å². The number of anilines is 1. The van der Waals surface area contributed by atoms with Gasteiger partial charge in [0, 0.05) is 23.2 Å². The average molecular weight is 521 g/mol. The maximum Gasteiger partial charge on any atom is 0.260 e. The quantitative estimate of drug-likeness (QED) is 0.411. The molecule has 192 valence electrons. The molecule has 9 heteroatoms. The van der Waals surface area contributed by atoms with E-state index < -0.39 is 5.72 Å². The second-order valence-electron chi connectivity index (χ2n) is 8.92. The molecule has 0 spiro atoms. The van der Waals surface area contributed by atoms with E-state index >= 15 is 0 Å². The van der Waals surface area contributed by atoms with Crippen LogP contribution in [0.4, 0.5) is 5.69 Å². The van der Waals surface area contributed by atoms with E-state index in [0.29, 0.717) is 45.8 Å². The van der Waals surface area contributed by atoms with Crippen molar-refractivity contribution in [2.24, 2.45) is 0 Å². The van der Waals surface area contributed by atoms with Crippen molar-refractivity contribution in [3.05, 3.63) is 71.8 Å². The van der Waals surface area contributed by atoms with E-state index in [4.69, 9.17) is 35.9 Å². The first-order valence-electron chi connectivity index (χ1n) is 11.8. The van der Waals surface area contributed by atoms with Gasteiger partial charge >= 0.3 is 0 Å². The summed E-state index contributed by atoms with van der Waals surface area (Å²) in [6, 6.07) is 18.2. The Hall–Kier alpha value is -3.98. The molecule has 0 unspecified atom stereocenters. The number of fused-ring (bicyclic) bond motifs is 4. The summed E-state index contributed by atoms with van der Waals surface area (Å²) in [5.41, 5.74) is 1.14. The number of benzene rings is 3. The number of ether oxygens (including phenoxy) is 5. The highest BCUT2D eigenvalue weighted by Crippen LogP contribution is 2.52. The zero-order chi connectivity index (χ0) is 26.3. The van der Waals surface area contributed by atoms with Gasteiger partial charge in [0.05, 0.1) is 34.5 Å². The standard InChI is InChI=1S/C28H28N2O6S/c1-28-16-20(19-12-9-13-21(32-2)24(19)36-28)29(27(37)30(28)18-10-7-6-8-11-18)26(31)17-14-22(33-3)25(35-5)23(15-17)34-4/h6-15,20H,16H2,1-5H3/t20-,28-/m1/s1. The number of methoxy groups -OCH3 is 4. The molecule has 2 aliphatic heterocycles. The summed E-state index contributed by atoms with van der Waals surface area (Å²) in [6.45, 7) is 1.98. The first kappa shape index (κ1) is 24.7. The fourth-order valence-electron chi connectivity index (χ4n) is 5.14. The van der Waals surface area contributed by atoms with Gasteiger partial charge < -0.3 is 23.7 Å². The summed E-state index contributed by atoms with van der Waals surface area (Å²) < 4.78 is 28.7. The molecule has 0 aliphatic carbocycles. The number of hydrogen-bond donors (Lipinski definition) is 0. The van der Waals surface area contributed by atoms with E-state index in [1.165, 1.54) is 21.3 Å². The van der Waals surface area contributed by atoms with E-state index in [-0.39, 0.29) is 11.9 Å². The maximum atomic E-state index is 14.3. The molecule has 1 amide bonds. The van der Waals surface area contributed by atoms with Crippen molar-refractivity contribution >= 4 is 28.9 Å². The van der Waals surface area contributed by atoms with Crippen molar-refractivity contribution in [3.63, 3.8) is 0 Å². The predicted molar refractivity (Wildman–Crippen MR) is 143 cm³/mol. The molecule has 2 atom stereocenters. The molecule has 37 heavy (non-hydrogen) atoms. The molecule has 0 saturated carbocycles. The van der Waals surface area contributed by atoms with Crippen molar-refractivity contribution in [2.45, 2.75) is 25.1 Å². The lowest BCUT2D eigenvalue weighted by atomic mass is 9.88. The van der Waals surface area contributed by atoms with E-state index in [1.54, 1.807) is 24.1 Å². The fraction of sp³-hybridized carbons (Fsp3) is 0.286. The zero-order valence-electron chi connectivity index (χ0n) is 21.3. The summed E-state index contributed by atoms with van der Waals surface area (Å²) in [5, 5.41) is 0.331. The van der Waals surface area contributed by atoms with E-state index in [9.17, 15) is 4.79 Å². The Kier molecular flexibility index (Phi) is 6.33. The minimum Gasteiger partial charge on any atom is -0.493 e. The number of para-hydroxylation sites is 2. The highest BCUT2D eigenvalue weighted by molar-refractivity contribution is 7.80. The highest BCUT2D eigenvalue weighted by atomic mass is 32.1. The zero-order valence-corrected chi connectivity index (χ0v) is 22.1. The SMILES string of the molecule is COc1cc(C(=O)N2C(=S)N(c3ccccc3)[C@@]3(C)C[C@@H]2c2cccc(OC)c2O3)cc(OC)c1OC. The molecule has 2 aliphatic rings. The van der Waals surface area contributed by atoms with Crippen molar-refractivity contribution in [1.29, 1.82) is 0 Å². The van der Waals surface area contributed by atoms with Crippen LogP contribution < -0.4 is 28.6 Å². The van der Waals surface area contributed by atoms with Gasteiger partial charge in [-0.1, -0.05) is 30.3 Å². The Morgan fingerprint density at radius 3 is 2.16 bits per heavy atom. The first-order chi connectivity index (χ1) is 17.9. The summed E-state index contributed by atoms with van der Waals surface area (Å²) in [5.74, 6) is 2.05. The molecule has 2 bridgehead atoms. The average Bonchev–Trinajstić information content (AvgIpc) is 2.91. The smallest absolute Gasteiger partial charge is 0.260 e. The van der Waals surface area contributed by atoms with Gasteiger partial charge in [-0.2, -0.15) is 0 Å². The summed E-state index contributed by atoms with van der Waals surface area (Å²) >= 11 is 6.03. The summed E-state index contributed by atoms with van der Waals surface area (Å²) in [4.78, 5) is 17.8. The van der Waals surface area contributed by atoms with Crippen LogP contribution in [0.15, 0.2) is 60.7 Å². The molecule has 0 aromatic heterocycles. The van der Waals surface area contributed by atoms with Crippen LogP contribution >= 0.6 is 12.2 Å². The van der Waals surface area contributed by atoms with Crippen LogP contribution in [-0.4, -0.2) is 50.1 Å². The monoisotopic (exact) mass is 520 g/mol. The Morgan fingerprint density at radius 1 is 0.919 bits per heavy atom. The second-order valence-corrected chi connectivity index (χ2v) is 9.28. The van der Waals surface area contributed by atoms with Crippen LogP contribution in [0.25, 0.3) is 0 Å². The third kappa shape index (κ3) is 3.90. The van der Waals surface area contributed by atoms with Gasteiger partial charge in [-0.15, -0.1) is 0 Å². The fourth-order valence-corrected chi connectivity index (χ4v) is 5.65. The summed E-state index contributed by atoms with van der Waals surface area (Å²) in [6.07, 6.45) is 0.484. The third-order valence-electron chi connectivity index (χ3n) is 6.81. The van der Waals surface area contributed by atoms with Crippen LogP contribution in [0, 0.1) is 0 Å². The predicted octanol–water partition coefficient (Wildman–Crippen LogP) is 5.21. The molecule has 3 aromatic carbocycles. The lowest BCUT2D eigenvalue weighted by Crippen LogP contribution is -2.67. The van der Waals surface area contributed by atoms with Crippen LogP contribution in [0.5, 0.6) is 28.7 Å². The van der Waals surface area contributed by atoms with Gasteiger partial charge in [-0.25, -0.2) is 0 Å². The Balaban J connectivity index is 1.70. The number of carbonyl (C=O) groups is 1. The lowest BCUT2D eigenvalue weighted by molar-refractivity contribution is 0.0162. The van der Waals surface area contributed by atoms with Gasteiger partial charge in [0.15, 0.2) is 33.8 Å². The topological polar surface area (TPSA) is 69.7 Å². The number of hydrogen-bond acceptors (Lipinski definition) is 7. The van der Waals surface area contributed by atoms with Crippen LogP contribution in [0.3, 0.4) is 0 Å². The Morgan fingerprint density at radius 2 is 1.57 bits per heavy atom. The van der Waals surface area contributed by atoms with Crippen LogP contribution in [0.2, 0.25) is 0 Å².